The van der Waals surface area contributed by atoms with Crippen LogP contribution >= 0.6 is 0 Å². The van der Waals surface area contributed by atoms with E-state index in [0.717, 1.165) is 0 Å². The van der Waals surface area contributed by atoms with E-state index in [2.05, 4.69) is 0 Å². The first-order valence-electron chi connectivity index (χ1n) is 2.41. The summed E-state index contributed by atoms with van der Waals surface area (Å²) in [5.74, 6) is -1.09. The Morgan fingerprint density at radius 3 is 1.60 bits per heavy atom. The van der Waals surface area contributed by atoms with Crippen LogP contribution in [0.15, 0.2) is 18.2 Å². The van der Waals surface area contributed by atoms with Crippen LogP contribution in [0.4, 0.5) is 0 Å². The molecular weight excluding hydrogens is 127 g/mol. The zero-order valence-electron chi connectivity index (χ0n) is 5.57. The molecule has 3 N–H and O–H groups in total. The van der Waals surface area contributed by atoms with E-state index >= 15 is 0 Å². The number of phenols is 3. The maximum atomic E-state index is 8.71. The van der Waals surface area contributed by atoms with Gasteiger partial charge in [0, 0.05) is 18.9 Å². The third-order valence-corrected chi connectivity index (χ3v) is 0.993. The van der Waals surface area contributed by atoms with Crippen LogP contribution in [0.1, 0.15) is 0 Å². The van der Waals surface area contributed by atoms with Gasteiger partial charge in [0.15, 0.2) is 17.2 Å². The quantitative estimate of drug-likeness (QED) is 0.355. The van der Waals surface area contributed by atoms with E-state index in [1.807, 2.05) is 0 Å². The van der Waals surface area contributed by atoms with Crippen molar-refractivity contribution in [3.63, 3.8) is 0 Å². The summed E-state index contributed by atoms with van der Waals surface area (Å²) >= 11 is 0. The molecule has 4 heteroatoms. The van der Waals surface area contributed by atoms with E-state index in [1.54, 1.807) is 0 Å². The Balaban J connectivity index is 0.000000810. The predicted octanol–water partition coefficient (Wildman–Crippen LogP) is 0.423. The van der Waals surface area contributed by atoms with Gasteiger partial charge in [-0.3, -0.25) is 0 Å². The molecule has 1 rings (SSSR count). The third-order valence-electron chi connectivity index (χ3n) is 0.993. The molecule has 0 fully saturated rings. The SMILES string of the molecule is Oc1cccc(O)c1O.[Li]. The van der Waals surface area contributed by atoms with Gasteiger partial charge in [-0.15, -0.1) is 0 Å². The molecule has 3 nitrogen and oxygen atoms in total. The molecule has 0 amide bonds. The Bertz CT molecular complexity index is 204. The van der Waals surface area contributed by atoms with E-state index in [0.29, 0.717) is 0 Å². The first kappa shape index (κ1) is 9.22. The minimum absolute atomic E-state index is 0. The average Bonchev–Trinajstić information content (AvgIpc) is 1.83. The summed E-state index contributed by atoms with van der Waals surface area (Å²) in [6, 6.07) is 4.01. The number of benzene rings is 1. The van der Waals surface area contributed by atoms with Crippen molar-refractivity contribution in [1.29, 1.82) is 0 Å². The first-order valence-corrected chi connectivity index (χ1v) is 2.41. The third kappa shape index (κ3) is 1.60. The average molecular weight is 133 g/mol. The van der Waals surface area contributed by atoms with Crippen molar-refractivity contribution in [3.05, 3.63) is 18.2 Å². The fourth-order valence-electron chi connectivity index (χ4n) is 0.519. The minimum atomic E-state index is -0.475. The van der Waals surface area contributed by atoms with Gasteiger partial charge in [-0.1, -0.05) is 6.07 Å². The fraction of sp³-hybridized carbons (Fsp3) is 0. The number of aromatic hydroxyl groups is 3. The van der Waals surface area contributed by atoms with Crippen LogP contribution in [-0.2, 0) is 0 Å². The Morgan fingerprint density at radius 1 is 0.900 bits per heavy atom. The van der Waals surface area contributed by atoms with E-state index < -0.39 is 5.75 Å². The summed E-state index contributed by atoms with van der Waals surface area (Å²) in [5.41, 5.74) is 0. The van der Waals surface area contributed by atoms with Crippen LogP contribution in [0, 0.1) is 0 Å². The molecule has 1 aromatic carbocycles. The van der Waals surface area contributed by atoms with E-state index in [1.165, 1.54) is 18.2 Å². The van der Waals surface area contributed by atoms with Crippen LogP contribution in [0.3, 0.4) is 0 Å². The molecule has 0 aliphatic rings. The minimum Gasteiger partial charge on any atom is -0.504 e. The predicted molar refractivity (Wildman–Crippen MR) is 37.2 cm³/mol. The van der Waals surface area contributed by atoms with Crippen molar-refractivity contribution >= 4 is 18.9 Å². The second-order valence-corrected chi connectivity index (χ2v) is 1.64. The largest absolute Gasteiger partial charge is 0.504 e. The van der Waals surface area contributed by atoms with Crippen molar-refractivity contribution in [2.24, 2.45) is 0 Å². The molecule has 10 heavy (non-hydrogen) atoms. The second-order valence-electron chi connectivity index (χ2n) is 1.64. The van der Waals surface area contributed by atoms with Crippen LogP contribution in [0.2, 0.25) is 0 Å². The Hall–Kier alpha value is -0.783. The molecule has 0 spiro atoms. The Labute approximate surface area is 70.1 Å². The van der Waals surface area contributed by atoms with Crippen molar-refractivity contribution in [2.45, 2.75) is 0 Å². The molecule has 0 saturated heterocycles. The monoisotopic (exact) mass is 133 g/mol. The van der Waals surface area contributed by atoms with Gasteiger partial charge in [0.2, 0.25) is 0 Å². The van der Waals surface area contributed by atoms with E-state index in [9.17, 15) is 0 Å². The molecule has 0 heterocycles. The summed E-state index contributed by atoms with van der Waals surface area (Å²) in [6.07, 6.45) is 0. The molecule has 1 radical (unpaired) electrons. The van der Waals surface area contributed by atoms with Crippen LogP contribution in [-0.4, -0.2) is 34.2 Å². The van der Waals surface area contributed by atoms with Gasteiger partial charge < -0.3 is 15.3 Å². The summed E-state index contributed by atoms with van der Waals surface area (Å²) in [7, 11) is 0. The summed E-state index contributed by atoms with van der Waals surface area (Å²) in [6.45, 7) is 0. The smallest absolute Gasteiger partial charge is 0.200 e. The number of phenolic OH excluding ortho intramolecular Hbond substituents is 3. The summed E-state index contributed by atoms with van der Waals surface area (Å²) < 4.78 is 0. The van der Waals surface area contributed by atoms with Gasteiger partial charge in [0.05, 0.1) is 0 Å². The molecule has 0 unspecified atom stereocenters. The van der Waals surface area contributed by atoms with Crippen molar-refractivity contribution < 1.29 is 15.3 Å². The Morgan fingerprint density at radius 2 is 1.30 bits per heavy atom. The fourth-order valence-corrected chi connectivity index (χ4v) is 0.519. The number of para-hydroxylation sites is 1. The molecular formula is C6H6LiO3. The molecule has 0 aliphatic carbocycles. The molecule has 49 valence electrons. The molecule has 1 aromatic rings. The van der Waals surface area contributed by atoms with Crippen molar-refractivity contribution in [1.82, 2.24) is 0 Å². The maximum Gasteiger partial charge on any atom is 0.200 e. The number of hydrogen-bond donors (Lipinski definition) is 3. The zero-order valence-corrected chi connectivity index (χ0v) is 5.57. The molecule has 0 bridgehead atoms. The standard InChI is InChI=1S/C6H6O3.Li/c7-4-2-1-3-5(8)6(4)9;/h1-3,7-9H;. The van der Waals surface area contributed by atoms with E-state index in [4.69, 9.17) is 15.3 Å². The normalized spacial score (nSPS) is 8.40. The van der Waals surface area contributed by atoms with Crippen molar-refractivity contribution in [3.8, 4) is 17.2 Å². The molecule has 0 aliphatic heterocycles. The van der Waals surface area contributed by atoms with Gasteiger partial charge in [0.25, 0.3) is 0 Å². The van der Waals surface area contributed by atoms with Gasteiger partial charge in [0.1, 0.15) is 0 Å². The summed E-state index contributed by atoms with van der Waals surface area (Å²) in [5, 5.41) is 26.1. The maximum absolute atomic E-state index is 8.71. The van der Waals surface area contributed by atoms with Crippen molar-refractivity contribution in [2.75, 3.05) is 0 Å². The van der Waals surface area contributed by atoms with Crippen LogP contribution < -0.4 is 0 Å². The molecule has 0 aromatic heterocycles. The number of rotatable bonds is 0. The van der Waals surface area contributed by atoms with Gasteiger partial charge in [-0.25, -0.2) is 0 Å². The van der Waals surface area contributed by atoms with Gasteiger partial charge in [-0.05, 0) is 12.1 Å². The molecule has 0 saturated carbocycles. The van der Waals surface area contributed by atoms with E-state index in [-0.39, 0.29) is 30.4 Å². The van der Waals surface area contributed by atoms with Crippen LogP contribution in [0.5, 0.6) is 17.2 Å². The Kier molecular flexibility index (Phi) is 3.14. The zero-order chi connectivity index (χ0) is 6.85. The van der Waals surface area contributed by atoms with Gasteiger partial charge >= 0.3 is 0 Å². The second kappa shape index (κ2) is 3.40. The number of hydrogen-bond acceptors (Lipinski definition) is 3. The first-order chi connectivity index (χ1) is 4.22. The summed E-state index contributed by atoms with van der Waals surface area (Å²) in [4.78, 5) is 0. The van der Waals surface area contributed by atoms with Gasteiger partial charge in [-0.2, -0.15) is 0 Å². The topological polar surface area (TPSA) is 60.7 Å². The van der Waals surface area contributed by atoms with Crippen LogP contribution in [0.25, 0.3) is 0 Å². The molecule has 0 atom stereocenters.